The Balaban J connectivity index is 1.76. The molecule has 1 atom stereocenters. The van der Waals surface area contributed by atoms with Crippen molar-refractivity contribution in [2.45, 2.75) is 31.2 Å². The van der Waals surface area contributed by atoms with Gasteiger partial charge in [-0.1, -0.05) is 6.08 Å². The van der Waals surface area contributed by atoms with E-state index in [2.05, 4.69) is 21.7 Å². The summed E-state index contributed by atoms with van der Waals surface area (Å²) in [7, 11) is 0. The third kappa shape index (κ3) is 2.70. The maximum absolute atomic E-state index is 12.6. The minimum Gasteiger partial charge on any atom is -0.337 e. The molecule has 0 radical (unpaired) electrons. The van der Waals surface area contributed by atoms with E-state index in [9.17, 15) is 4.79 Å². The third-order valence-electron chi connectivity index (χ3n) is 4.76. The molecule has 3 rings (SSSR count). The van der Waals surface area contributed by atoms with Crippen molar-refractivity contribution in [2.75, 3.05) is 26.2 Å². The zero-order chi connectivity index (χ0) is 14.7. The highest BCUT2D eigenvalue weighted by Gasteiger charge is 2.44. The van der Waals surface area contributed by atoms with Crippen LogP contribution >= 0.6 is 0 Å². The van der Waals surface area contributed by atoms with Crippen molar-refractivity contribution >= 4 is 5.91 Å². The Labute approximate surface area is 125 Å². The molecule has 112 valence electrons. The quantitative estimate of drug-likeness (QED) is 0.794. The molecule has 2 aliphatic rings. The summed E-state index contributed by atoms with van der Waals surface area (Å²) in [6.07, 6.45) is 9.75. The number of nitrogens with zero attached hydrogens (tertiary/aromatic N) is 4. The molecule has 2 aliphatic heterocycles. The minimum absolute atomic E-state index is 0.0782. The average Bonchev–Trinajstić information content (AvgIpc) is 2.90. The molecule has 5 nitrogen and oxygen atoms in total. The Kier molecular flexibility index (Phi) is 4.01. The molecule has 1 aromatic heterocycles. The predicted molar refractivity (Wildman–Crippen MR) is 80.9 cm³/mol. The summed E-state index contributed by atoms with van der Waals surface area (Å²) in [5, 5.41) is 7.55. The van der Waals surface area contributed by atoms with Gasteiger partial charge in [0.15, 0.2) is 0 Å². The first-order valence-electron chi connectivity index (χ1n) is 7.67. The van der Waals surface area contributed by atoms with Crippen LogP contribution in [0.2, 0.25) is 0 Å². The van der Waals surface area contributed by atoms with Gasteiger partial charge in [-0.2, -0.15) is 10.2 Å². The van der Waals surface area contributed by atoms with Crippen molar-refractivity contribution in [3.8, 4) is 0 Å². The lowest BCUT2D eigenvalue weighted by atomic mass is 9.86. The third-order valence-corrected chi connectivity index (χ3v) is 4.76. The lowest BCUT2D eigenvalue weighted by molar-refractivity contribution is 0.0366. The van der Waals surface area contributed by atoms with E-state index in [1.54, 1.807) is 18.5 Å². The first-order chi connectivity index (χ1) is 10.2. The smallest absolute Gasteiger partial charge is 0.255 e. The molecule has 0 N–H and O–H groups in total. The molecule has 21 heavy (non-hydrogen) atoms. The van der Waals surface area contributed by atoms with Crippen LogP contribution in [0.15, 0.2) is 31.1 Å². The zero-order valence-electron chi connectivity index (χ0n) is 12.4. The molecule has 0 unspecified atom stereocenters. The van der Waals surface area contributed by atoms with Gasteiger partial charge in [0.25, 0.3) is 5.91 Å². The number of piperidine rings is 1. The summed E-state index contributed by atoms with van der Waals surface area (Å²) in [5.74, 6) is 0.0782. The van der Waals surface area contributed by atoms with Crippen LogP contribution in [0.5, 0.6) is 0 Å². The summed E-state index contributed by atoms with van der Waals surface area (Å²) in [6, 6.07) is 1.74. The van der Waals surface area contributed by atoms with E-state index < -0.39 is 0 Å². The second-order valence-corrected chi connectivity index (χ2v) is 6.02. The number of likely N-dealkylation sites (tertiary alicyclic amines) is 2. The Hall–Kier alpha value is -1.75. The van der Waals surface area contributed by atoms with Crippen LogP contribution in [-0.2, 0) is 0 Å². The average molecular weight is 286 g/mol. The number of carbonyl (C=O) groups is 1. The molecule has 0 bridgehead atoms. The largest absolute Gasteiger partial charge is 0.337 e. The van der Waals surface area contributed by atoms with E-state index in [-0.39, 0.29) is 11.4 Å². The van der Waals surface area contributed by atoms with Crippen molar-refractivity contribution in [2.24, 2.45) is 0 Å². The number of rotatable bonds is 3. The van der Waals surface area contributed by atoms with Crippen molar-refractivity contribution < 1.29 is 4.79 Å². The lowest BCUT2D eigenvalue weighted by Gasteiger charge is -2.45. The monoisotopic (exact) mass is 286 g/mol. The van der Waals surface area contributed by atoms with Gasteiger partial charge in [0, 0.05) is 25.2 Å². The van der Waals surface area contributed by atoms with Crippen molar-refractivity contribution in [1.82, 2.24) is 20.0 Å². The summed E-state index contributed by atoms with van der Waals surface area (Å²) in [4.78, 5) is 17.1. The Bertz CT molecular complexity index is 518. The van der Waals surface area contributed by atoms with Crippen molar-refractivity contribution in [1.29, 1.82) is 0 Å². The van der Waals surface area contributed by atoms with Crippen LogP contribution in [0.4, 0.5) is 0 Å². The van der Waals surface area contributed by atoms with E-state index in [1.807, 2.05) is 11.0 Å². The van der Waals surface area contributed by atoms with Crippen molar-refractivity contribution in [3.63, 3.8) is 0 Å². The summed E-state index contributed by atoms with van der Waals surface area (Å²) < 4.78 is 0. The molecule has 2 saturated heterocycles. The predicted octanol–water partition coefficient (Wildman–Crippen LogP) is 1.73. The summed E-state index contributed by atoms with van der Waals surface area (Å²) >= 11 is 0. The molecule has 3 heterocycles. The molecule has 1 aromatic rings. The van der Waals surface area contributed by atoms with Gasteiger partial charge in [-0.3, -0.25) is 9.69 Å². The fraction of sp³-hybridized carbons (Fsp3) is 0.562. The molecular formula is C16H22N4O. The van der Waals surface area contributed by atoms with Crippen LogP contribution in [0.1, 0.15) is 36.0 Å². The van der Waals surface area contributed by atoms with Gasteiger partial charge in [0.1, 0.15) is 0 Å². The van der Waals surface area contributed by atoms with Gasteiger partial charge in [-0.25, -0.2) is 0 Å². The molecule has 0 aromatic carbocycles. The van der Waals surface area contributed by atoms with Crippen LogP contribution in [0.25, 0.3) is 0 Å². The molecule has 1 spiro atoms. The molecule has 2 fully saturated rings. The Morgan fingerprint density at radius 1 is 1.33 bits per heavy atom. The van der Waals surface area contributed by atoms with Gasteiger partial charge >= 0.3 is 0 Å². The van der Waals surface area contributed by atoms with Crippen LogP contribution < -0.4 is 0 Å². The number of hydrogen-bond acceptors (Lipinski definition) is 4. The molecule has 5 heteroatoms. The molecule has 1 amide bonds. The van der Waals surface area contributed by atoms with Gasteiger partial charge in [0.2, 0.25) is 0 Å². The Morgan fingerprint density at radius 3 is 2.86 bits per heavy atom. The maximum Gasteiger partial charge on any atom is 0.255 e. The highest BCUT2D eigenvalue weighted by molar-refractivity contribution is 5.93. The van der Waals surface area contributed by atoms with E-state index in [1.165, 1.54) is 19.3 Å². The van der Waals surface area contributed by atoms with Crippen LogP contribution in [0, 0.1) is 0 Å². The van der Waals surface area contributed by atoms with E-state index in [4.69, 9.17) is 0 Å². The van der Waals surface area contributed by atoms with Crippen LogP contribution in [0.3, 0.4) is 0 Å². The van der Waals surface area contributed by atoms with E-state index in [0.717, 1.165) is 32.6 Å². The topological polar surface area (TPSA) is 49.3 Å². The summed E-state index contributed by atoms with van der Waals surface area (Å²) in [5.41, 5.74) is 0.790. The first-order valence-corrected chi connectivity index (χ1v) is 7.67. The van der Waals surface area contributed by atoms with Gasteiger partial charge in [0.05, 0.1) is 18.0 Å². The fourth-order valence-corrected chi connectivity index (χ4v) is 3.78. The number of aromatic nitrogens is 2. The molecule has 0 saturated carbocycles. The zero-order valence-corrected chi connectivity index (χ0v) is 12.4. The van der Waals surface area contributed by atoms with Crippen LogP contribution in [-0.4, -0.2) is 57.6 Å². The minimum atomic E-state index is 0.0782. The van der Waals surface area contributed by atoms with E-state index in [0.29, 0.717) is 5.56 Å². The second kappa shape index (κ2) is 5.93. The standard InChI is InChI=1S/C16H22N4O/c1-2-9-20-11-4-7-16(20)6-3-10-19(13-16)15(21)14-5-8-17-18-12-14/h2,5,8,12H,1,3-4,6-7,9-11,13H2/t16-/m0/s1. The number of hydrogen-bond donors (Lipinski definition) is 0. The normalized spacial score (nSPS) is 26.2. The van der Waals surface area contributed by atoms with Gasteiger partial charge < -0.3 is 4.90 Å². The Morgan fingerprint density at radius 2 is 2.14 bits per heavy atom. The SMILES string of the molecule is C=CCN1CCC[C@]12CCCN(C(=O)c1ccnnc1)C2. The van der Waals surface area contributed by atoms with Crippen molar-refractivity contribution in [3.05, 3.63) is 36.7 Å². The van der Waals surface area contributed by atoms with Gasteiger partial charge in [-0.15, -0.1) is 6.58 Å². The highest BCUT2D eigenvalue weighted by Crippen LogP contribution is 2.37. The number of amides is 1. The first kappa shape index (κ1) is 14.2. The highest BCUT2D eigenvalue weighted by atomic mass is 16.2. The molecular weight excluding hydrogens is 264 g/mol. The fourth-order valence-electron chi connectivity index (χ4n) is 3.78. The molecule has 0 aliphatic carbocycles. The maximum atomic E-state index is 12.6. The van der Waals surface area contributed by atoms with Gasteiger partial charge in [-0.05, 0) is 38.3 Å². The second-order valence-electron chi connectivity index (χ2n) is 6.02. The lowest BCUT2D eigenvalue weighted by Crippen LogP contribution is -2.56. The number of carbonyl (C=O) groups excluding carboxylic acids is 1. The summed E-state index contributed by atoms with van der Waals surface area (Å²) in [6.45, 7) is 7.56. The van der Waals surface area contributed by atoms with E-state index >= 15 is 0 Å².